The second-order valence-electron chi connectivity index (χ2n) is 4.91. The number of aryl methyl sites for hydroxylation is 2. The highest BCUT2D eigenvalue weighted by atomic mass is 19.4. The molecule has 1 saturated heterocycles. The van der Waals surface area contributed by atoms with E-state index in [-0.39, 0.29) is 6.42 Å². The molecule has 0 aliphatic carbocycles. The highest BCUT2D eigenvalue weighted by Gasteiger charge is 2.45. The minimum atomic E-state index is -4.09. The molecule has 2 rings (SSSR count). The molecule has 6 heteroatoms. The van der Waals surface area contributed by atoms with Crippen molar-refractivity contribution >= 4 is 0 Å². The van der Waals surface area contributed by atoms with Crippen LogP contribution >= 0.6 is 0 Å². The van der Waals surface area contributed by atoms with Gasteiger partial charge in [-0.1, -0.05) is 0 Å². The normalized spacial score (nSPS) is 25.3. The molecule has 2 atom stereocenters. The molecule has 1 aliphatic rings. The number of nitrogens with one attached hydrogen (secondary N) is 1. The van der Waals surface area contributed by atoms with Gasteiger partial charge in [-0.05, 0) is 37.8 Å². The van der Waals surface area contributed by atoms with E-state index in [0.29, 0.717) is 25.8 Å². The lowest BCUT2D eigenvalue weighted by atomic mass is 9.87. The van der Waals surface area contributed by atoms with Crippen molar-refractivity contribution in [3.05, 3.63) is 18.0 Å². The number of alkyl halides is 3. The van der Waals surface area contributed by atoms with Crippen LogP contribution in [0.3, 0.4) is 0 Å². The van der Waals surface area contributed by atoms with Crippen molar-refractivity contribution in [3.63, 3.8) is 0 Å². The molecule has 0 spiro atoms. The van der Waals surface area contributed by atoms with Crippen LogP contribution in [-0.4, -0.2) is 28.5 Å². The Morgan fingerprint density at radius 1 is 1.50 bits per heavy atom. The van der Waals surface area contributed by atoms with E-state index in [1.54, 1.807) is 17.9 Å². The summed E-state index contributed by atoms with van der Waals surface area (Å²) in [6.07, 6.45) is 1.47. The van der Waals surface area contributed by atoms with Crippen LogP contribution in [0.25, 0.3) is 0 Å². The first-order valence-electron chi connectivity index (χ1n) is 6.24. The summed E-state index contributed by atoms with van der Waals surface area (Å²) in [6, 6.07) is -0.459. The van der Waals surface area contributed by atoms with Crippen molar-refractivity contribution in [2.24, 2.45) is 13.0 Å². The van der Waals surface area contributed by atoms with E-state index in [9.17, 15) is 13.2 Å². The number of aromatic nitrogens is 2. The fourth-order valence-corrected chi connectivity index (χ4v) is 2.57. The van der Waals surface area contributed by atoms with E-state index in [0.717, 1.165) is 5.56 Å². The third kappa shape index (κ3) is 3.25. The number of nitrogens with zero attached hydrogens (tertiary/aromatic N) is 2. The van der Waals surface area contributed by atoms with E-state index < -0.39 is 18.1 Å². The van der Waals surface area contributed by atoms with Crippen molar-refractivity contribution in [3.8, 4) is 0 Å². The van der Waals surface area contributed by atoms with Crippen molar-refractivity contribution < 1.29 is 13.2 Å². The van der Waals surface area contributed by atoms with Gasteiger partial charge >= 0.3 is 6.18 Å². The molecule has 1 fully saturated rings. The highest BCUT2D eigenvalue weighted by Crippen LogP contribution is 2.35. The van der Waals surface area contributed by atoms with Gasteiger partial charge < -0.3 is 5.32 Å². The van der Waals surface area contributed by atoms with Gasteiger partial charge in [0.25, 0.3) is 0 Å². The Morgan fingerprint density at radius 2 is 2.28 bits per heavy atom. The predicted molar refractivity (Wildman–Crippen MR) is 62.1 cm³/mol. The lowest BCUT2D eigenvalue weighted by molar-refractivity contribution is -0.188. The number of hydrogen-bond donors (Lipinski definition) is 1. The number of hydrogen-bond acceptors (Lipinski definition) is 2. The van der Waals surface area contributed by atoms with Gasteiger partial charge in [0.1, 0.15) is 0 Å². The van der Waals surface area contributed by atoms with Crippen molar-refractivity contribution in [2.75, 3.05) is 6.54 Å². The maximum absolute atomic E-state index is 12.9. The summed E-state index contributed by atoms with van der Waals surface area (Å²) in [6.45, 7) is 0.685. The molecule has 0 bridgehead atoms. The van der Waals surface area contributed by atoms with Crippen LogP contribution in [0, 0.1) is 5.92 Å². The van der Waals surface area contributed by atoms with Crippen LogP contribution < -0.4 is 5.32 Å². The van der Waals surface area contributed by atoms with Crippen LogP contribution in [0.2, 0.25) is 0 Å². The number of halogens is 3. The van der Waals surface area contributed by atoms with E-state index in [4.69, 9.17) is 0 Å². The minimum absolute atomic E-state index is 0.244. The van der Waals surface area contributed by atoms with Crippen LogP contribution in [0.4, 0.5) is 13.2 Å². The van der Waals surface area contributed by atoms with Gasteiger partial charge in [0, 0.05) is 19.3 Å². The molecule has 0 saturated carbocycles. The summed E-state index contributed by atoms with van der Waals surface area (Å²) in [5.41, 5.74) is 0.991. The predicted octanol–water partition coefficient (Wildman–Crippen LogP) is 2.28. The van der Waals surface area contributed by atoms with Crippen LogP contribution in [-0.2, 0) is 13.5 Å². The Hall–Kier alpha value is -1.04. The first-order valence-corrected chi connectivity index (χ1v) is 6.24. The van der Waals surface area contributed by atoms with E-state index in [1.165, 1.54) is 0 Å². The molecule has 102 valence electrons. The Balaban J connectivity index is 1.93. The molecule has 18 heavy (non-hydrogen) atoms. The standard InChI is InChI=1S/C12H18F3N3/c1-18-8-9(7-17-18)4-5-11-10(12(13,14)15)3-2-6-16-11/h7-8,10-11,16H,2-6H2,1H3. The molecule has 1 aliphatic heterocycles. The fourth-order valence-electron chi connectivity index (χ4n) is 2.57. The molecular weight excluding hydrogens is 243 g/mol. The monoisotopic (exact) mass is 261 g/mol. The molecule has 0 amide bonds. The zero-order valence-electron chi connectivity index (χ0n) is 10.4. The molecule has 2 unspecified atom stereocenters. The summed E-state index contributed by atoms with van der Waals surface area (Å²) >= 11 is 0. The number of rotatable bonds is 3. The SMILES string of the molecule is Cn1cc(CCC2NCCCC2C(F)(F)F)cn1. The molecule has 1 aromatic rings. The van der Waals surface area contributed by atoms with Gasteiger partial charge in [0.2, 0.25) is 0 Å². The van der Waals surface area contributed by atoms with Crippen LogP contribution in [0.15, 0.2) is 12.4 Å². The first kappa shape index (κ1) is 13.4. The van der Waals surface area contributed by atoms with E-state index >= 15 is 0 Å². The van der Waals surface area contributed by atoms with Gasteiger partial charge in [-0.2, -0.15) is 18.3 Å². The van der Waals surface area contributed by atoms with Gasteiger partial charge in [0.05, 0.1) is 12.1 Å². The lowest BCUT2D eigenvalue weighted by Gasteiger charge is -2.34. The summed E-state index contributed by atoms with van der Waals surface area (Å²) in [5.74, 6) is -1.21. The molecule has 0 radical (unpaired) electrons. The van der Waals surface area contributed by atoms with Crippen LogP contribution in [0.1, 0.15) is 24.8 Å². The maximum Gasteiger partial charge on any atom is 0.393 e. The largest absolute Gasteiger partial charge is 0.393 e. The zero-order valence-corrected chi connectivity index (χ0v) is 10.4. The Labute approximate surface area is 104 Å². The second-order valence-corrected chi connectivity index (χ2v) is 4.91. The van der Waals surface area contributed by atoms with Gasteiger partial charge in [-0.3, -0.25) is 4.68 Å². The Kier molecular flexibility index (Phi) is 3.94. The molecule has 3 nitrogen and oxygen atoms in total. The smallest absolute Gasteiger partial charge is 0.313 e. The lowest BCUT2D eigenvalue weighted by Crippen LogP contribution is -2.47. The first-order chi connectivity index (χ1) is 8.47. The summed E-state index contributed by atoms with van der Waals surface area (Å²) < 4.78 is 40.3. The summed E-state index contributed by atoms with van der Waals surface area (Å²) in [7, 11) is 1.81. The maximum atomic E-state index is 12.9. The van der Waals surface area contributed by atoms with Crippen molar-refractivity contribution in [1.29, 1.82) is 0 Å². The van der Waals surface area contributed by atoms with Crippen LogP contribution in [0.5, 0.6) is 0 Å². The quantitative estimate of drug-likeness (QED) is 0.904. The molecule has 1 N–H and O–H groups in total. The summed E-state index contributed by atoms with van der Waals surface area (Å²) in [4.78, 5) is 0. The Bertz CT molecular complexity index is 386. The Morgan fingerprint density at radius 3 is 2.89 bits per heavy atom. The average molecular weight is 261 g/mol. The van der Waals surface area contributed by atoms with Gasteiger partial charge in [0.15, 0.2) is 0 Å². The third-order valence-electron chi connectivity index (χ3n) is 3.51. The number of piperidine rings is 1. The van der Waals surface area contributed by atoms with E-state index in [1.807, 2.05) is 6.20 Å². The van der Waals surface area contributed by atoms with E-state index in [2.05, 4.69) is 10.4 Å². The molecule has 0 aromatic carbocycles. The average Bonchev–Trinajstić information content (AvgIpc) is 2.72. The minimum Gasteiger partial charge on any atom is -0.313 e. The third-order valence-corrected chi connectivity index (χ3v) is 3.51. The molecular formula is C12H18F3N3. The van der Waals surface area contributed by atoms with Gasteiger partial charge in [-0.15, -0.1) is 0 Å². The summed E-state index contributed by atoms with van der Waals surface area (Å²) in [5, 5.41) is 7.03. The second kappa shape index (κ2) is 5.30. The highest BCUT2D eigenvalue weighted by molar-refractivity contribution is 5.04. The van der Waals surface area contributed by atoms with Crippen molar-refractivity contribution in [1.82, 2.24) is 15.1 Å². The zero-order chi connectivity index (χ0) is 13.2. The molecule has 2 heterocycles. The van der Waals surface area contributed by atoms with Crippen molar-refractivity contribution in [2.45, 2.75) is 37.9 Å². The fraction of sp³-hybridized carbons (Fsp3) is 0.750. The van der Waals surface area contributed by atoms with Gasteiger partial charge in [-0.25, -0.2) is 0 Å². The molecule has 1 aromatic heterocycles. The topological polar surface area (TPSA) is 29.9 Å².